The molecular formula is C26H24F3N3O4. The summed E-state index contributed by atoms with van der Waals surface area (Å²) in [4.78, 5) is 40.6. The molecule has 0 saturated heterocycles. The minimum Gasteiger partial charge on any atom is -0.493 e. The first kappa shape index (κ1) is 25.0. The maximum Gasteiger partial charge on any atom is 0.416 e. The lowest BCUT2D eigenvalue weighted by Gasteiger charge is -2.19. The number of benzene rings is 2. The molecule has 1 aromatic heterocycles. The summed E-state index contributed by atoms with van der Waals surface area (Å²) >= 11 is 0. The fraction of sp³-hybridized carbons (Fsp3) is 0.269. The lowest BCUT2D eigenvalue weighted by molar-refractivity contribution is -0.137. The van der Waals surface area contributed by atoms with Crippen LogP contribution in [0.3, 0.4) is 0 Å². The Kier molecular flexibility index (Phi) is 6.62. The Hall–Kier alpha value is -4.08. The predicted molar refractivity (Wildman–Crippen MR) is 127 cm³/mol. The maximum atomic E-state index is 13.4. The molecule has 0 fully saturated rings. The van der Waals surface area contributed by atoms with Crippen LogP contribution < -0.4 is 15.6 Å². The molecule has 1 aliphatic heterocycles. The second-order valence-corrected chi connectivity index (χ2v) is 8.67. The third-order valence-corrected chi connectivity index (χ3v) is 5.97. The van der Waals surface area contributed by atoms with Crippen LogP contribution in [0.2, 0.25) is 0 Å². The summed E-state index contributed by atoms with van der Waals surface area (Å²) in [6, 6.07) is 10.9. The second kappa shape index (κ2) is 9.52. The molecule has 0 radical (unpaired) electrons. The van der Waals surface area contributed by atoms with E-state index in [1.165, 1.54) is 44.1 Å². The molecule has 1 N–H and O–H groups in total. The third-order valence-electron chi connectivity index (χ3n) is 5.97. The molecule has 0 saturated carbocycles. The zero-order valence-electron chi connectivity index (χ0n) is 19.9. The zero-order chi connectivity index (χ0) is 26.2. The maximum absolute atomic E-state index is 13.4. The Bertz CT molecular complexity index is 1410. The van der Waals surface area contributed by atoms with Gasteiger partial charge in [-0.2, -0.15) is 13.2 Å². The average Bonchev–Trinajstić information content (AvgIpc) is 3.30. The molecule has 0 aliphatic carbocycles. The Morgan fingerprint density at radius 2 is 1.83 bits per heavy atom. The number of alkyl halides is 3. The van der Waals surface area contributed by atoms with E-state index < -0.39 is 29.1 Å². The standard InChI is InChI=1S/C26H24F3N3O4/c1-15-20(24(34)31(2)3)13-21(23(33)30-14-16-7-8-22-17(11-16)9-10-36-22)25(35)32(15)19-6-4-5-18(12-19)26(27,28)29/h4-8,11-13H,9-10,14H2,1-3H3,(H,30,33). The number of halogens is 3. The van der Waals surface area contributed by atoms with Gasteiger partial charge in [-0.3, -0.25) is 19.0 Å². The molecule has 7 nitrogen and oxygen atoms in total. The van der Waals surface area contributed by atoms with E-state index in [4.69, 9.17) is 4.74 Å². The molecule has 0 atom stereocenters. The second-order valence-electron chi connectivity index (χ2n) is 8.67. The fourth-order valence-corrected chi connectivity index (χ4v) is 4.08. The van der Waals surface area contributed by atoms with Crippen LogP contribution in [0.1, 0.15) is 43.1 Å². The molecule has 0 bridgehead atoms. The number of pyridine rings is 1. The Morgan fingerprint density at radius 3 is 2.53 bits per heavy atom. The molecular weight excluding hydrogens is 475 g/mol. The van der Waals surface area contributed by atoms with Crippen LogP contribution in [-0.2, 0) is 19.1 Å². The van der Waals surface area contributed by atoms with Gasteiger partial charge in [0.2, 0.25) is 0 Å². The van der Waals surface area contributed by atoms with Crippen molar-refractivity contribution < 1.29 is 27.5 Å². The van der Waals surface area contributed by atoms with E-state index in [9.17, 15) is 27.6 Å². The molecule has 0 spiro atoms. The van der Waals surface area contributed by atoms with E-state index >= 15 is 0 Å². The van der Waals surface area contributed by atoms with Crippen molar-refractivity contribution in [2.45, 2.75) is 26.1 Å². The summed E-state index contributed by atoms with van der Waals surface area (Å²) in [5.74, 6) is -0.453. The van der Waals surface area contributed by atoms with Gasteiger partial charge in [0, 0.05) is 38.4 Å². The van der Waals surface area contributed by atoms with E-state index in [0.29, 0.717) is 6.61 Å². The van der Waals surface area contributed by atoms with Crippen LogP contribution in [0, 0.1) is 6.92 Å². The van der Waals surface area contributed by atoms with Gasteiger partial charge in [0.1, 0.15) is 11.3 Å². The van der Waals surface area contributed by atoms with E-state index in [0.717, 1.165) is 40.0 Å². The molecule has 2 amide bonds. The number of rotatable bonds is 5. The van der Waals surface area contributed by atoms with Gasteiger partial charge in [-0.15, -0.1) is 0 Å². The number of aromatic nitrogens is 1. The van der Waals surface area contributed by atoms with Crippen LogP contribution in [0.15, 0.2) is 53.3 Å². The van der Waals surface area contributed by atoms with E-state index in [-0.39, 0.29) is 29.1 Å². The quantitative estimate of drug-likeness (QED) is 0.580. The van der Waals surface area contributed by atoms with Gasteiger partial charge in [-0.05, 0) is 48.4 Å². The molecule has 10 heteroatoms. The monoisotopic (exact) mass is 499 g/mol. The summed E-state index contributed by atoms with van der Waals surface area (Å²) in [6.45, 7) is 2.15. The normalized spacial score (nSPS) is 12.6. The number of hydrogen-bond acceptors (Lipinski definition) is 4. The number of nitrogens with one attached hydrogen (secondary N) is 1. The topological polar surface area (TPSA) is 80.6 Å². The van der Waals surface area contributed by atoms with Crippen molar-refractivity contribution in [2.75, 3.05) is 20.7 Å². The van der Waals surface area contributed by atoms with Crippen LogP contribution >= 0.6 is 0 Å². The highest BCUT2D eigenvalue weighted by Crippen LogP contribution is 2.30. The fourth-order valence-electron chi connectivity index (χ4n) is 4.08. The van der Waals surface area contributed by atoms with Crippen LogP contribution in [-0.4, -0.2) is 42.0 Å². The van der Waals surface area contributed by atoms with Gasteiger partial charge in [0.15, 0.2) is 0 Å². The molecule has 2 aromatic carbocycles. The number of ether oxygens (including phenoxy) is 1. The molecule has 4 rings (SSSR count). The first-order chi connectivity index (χ1) is 17.0. The lowest BCUT2D eigenvalue weighted by atomic mass is 10.1. The summed E-state index contributed by atoms with van der Waals surface area (Å²) < 4.78 is 46.4. The Morgan fingerprint density at radius 1 is 1.08 bits per heavy atom. The highest BCUT2D eigenvalue weighted by atomic mass is 19.4. The molecule has 0 unspecified atom stereocenters. The van der Waals surface area contributed by atoms with E-state index in [1.54, 1.807) is 6.07 Å². The van der Waals surface area contributed by atoms with Crippen molar-refractivity contribution in [3.8, 4) is 11.4 Å². The minimum atomic E-state index is -4.63. The number of hydrogen-bond donors (Lipinski definition) is 1. The highest BCUT2D eigenvalue weighted by Gasteiger charge is 2.31. The minimum absolute atomic E-state index is 0.0249. The van der Waals surface area contributed by atoms with Crippen molar-refractivity contribution in [3.63, 3.8) is 0 Å². The van der Waals surface area contributed by atoms with Gasteiger partial charge < -0.3 is 15.0 Å². The van der Waals surface area contributed by atoms with Crippen LogP contribution in [0.4, 0.5) is 13.2 Å². The van der Waals surface area contributed by atoms with Crippen molar-refractivity contribution >= 4 is 11.8 Å². The van der Waals surface area contributed by atoms with Crippen molar-refractivity contribution in [1.82, 2.24) is 14.8 Å². The van der Waals surface area contributed by atoms with E-state index in [1.807, 2.05) is 12.1 Å². The molecule has 1 aliphatic rings. The number of amides is 2. The number of carbonyl (C=O) groups excluding carboxylic acids is 2. The predicted octanol–water partition coefficient (Wildman–Crippen LogP) is 3.73. The van der Waals surface area contributed by atoms with Crippen molar-refractivity contribution in [2.24, 2.45) is 0 Å². The van der Waals surface area contributed by atoms with Gasteiger partial charge >= 0.3 is 6.18 Å². The van der Waals surface area contributed by atoms with Gasteiger partial charge in [-0.25, -0.2) is 0 Å². The Balaban J connectivity index is 1.76. The van der Waals surface area contributed by atoms with Crippen molar-refractivity contribution in [1.29, 1.82) is 0 Å². The van der Waals surface area contributed by atoms with Gasteiger partial charge in [0.05, 0.1) is 17.7 Å². The molecule has 188 valence electrons. The molecule has 2 heterocycles. The summed E-state index contributed by atoms with van der Waals surface area (Å²) in [5, 5.41) is 2.68. The van der Waals surface area contributed by atoms with Crippen LogP contribution in [0.5, 0.6) is 5.75 Å². The zero-order valence-corrected chi connectivity index (χ0v) is 19.9. The molecule has 3 aromatic rings. The lowest BCUT2D eigenvalue weighted by Crippen LogP contribution is -2.35. The summed E-state index contributed by atoms with van der Waals surface area (Å²) in [5.41, 5.74) is -0.291. The smallest absolute Gasteiger partial charge is 0.416 e. The third kappa shape index (κ3) is 4.84. The summed E-state index contributed by atoms with van der Waals surface area (Å²) in [7, 11) is 3.00. The van der Waals surface area contributed by atoms with Gasteiger partial charge in [-0.1, -0.05) is 18.2 Å². The first-order valence-corrected chi connectivity index (χ1v) is 11.2. The van der Waals surface area contributed by atoms with Crippen molar-refractivity contribution in [3.05, 3.63) is 92.4 Å². The Labute approximate surface area is 205 Å². The van der Waals surface area contributed by atoms with Gasteiger partial charge in [0.25, 0.3) is 17.4 Å². The highest BCUT2D eigenvalue weighted by molar-refractivity contribution is 6.00. The average molecular weight is 499 g/mol. The number of nitrogens with zero attached hydrogens (tertiary/aromatic N) is 2. The van der Waals surface area contributed by atoms with Crippen LogP contribution in [0.25, 0.3) is 5.69 Å². The number of fused-ring (bicyclic) bond motifs is 1. The molecule has 36 heavy (non-hydrogen) atoms. The summed E-state index contributed by atoms with van der Waals surface area (Å²) in [6.07, 6.45) is -3.88. The number of carbonyl (C=O) groups is 2. The first-order valence-electron chi connectivity index (χ1n) is 11.2. The SMILES string of the molecule is Cc1c(C(=O)N(C)C)cc(C(=O)NCc2ccc3c(c2)CCO3)c(=O)n1-c1cccc(C(F)(F)F)c1. The van der Waals surface area contributed by atoms with E-state index in [2.05, 4.69) is 5.32 Å². The largest absolute Gasteiger partial charge is 0.493 e.